The van der Waals surface area contributed by atoms with Crippen molar-refractivity contribution >= 4 is 19.6 Å². The van der Waals surface area contributed by atoms with E-state index >= 15 is 0 Å². The molecular formula is C22H29N2O6P. The lowest BCUT2D eigenvalue weighted by molar-refractivity contribution is -0.123. The number of carbonyl (C=O) groups excluding carboxylic acids is 2. The second-order valence-electron chi connectivity index (χ2n) is 7.69. The van der Waals surface area contributed by atoms with Crippen LogP contribution >= 0.6 is 7.60 Å². The summed E-state index contributed by atoms with van der Waals surface area (Å²) in [7, 11) is -4.57. The highest BCUT2D eigenvalue weighted by Crippen LogP contribution is 2.42. The smallest absolute Gasteiger partial charge is 0.408 e. The largest absolute Gasteiger partial charge is 0.445 e. The third kappa shape index (κ3) is 8.92. The molecule has 4 N–H and O–H groups in total. The first-order valence-electron chi connectivity index (χ1n) is 10.0. The van der Waals surface area contributed by atoms with Crippen molar-refractivity contribution in [1.29, 1.82) is 0 Å². The first-order chi connectivity index (χ1) is 14.6. The Bertz CT molecular complexity index is 885. The first-order valence-corrected chi connectivity index (χ1v) is 11.7. The van der Waals surface area contributed by atoms with E-state index in [-0.39, 0.29) is 25.4 Å². The van der Waals surface area contributed by atoms with Gasteiger partial charge in [-0.15, -0.1) is 0 Å². The molecule has 31 heavy (non-hydrogen) atoms. The van der Waals surface area contributed by atoms with Crippen molar-refractivity contribution in [3.63, 3.8) is 0 Å². The van der Waals surface area contributed by atoms with E-state index in [0.29, 0.717) is 0 Å². The summed E-state index contributed by atoms with van der Waals surface area (Å²) >= 11 is 0. The number of hydrogen-bond acceptors (Lipinski definition) is 4. The van der Waals surface area contributed by atoms with Crippen LogP contribution in [0.3, 0.4) is 0 Å². The van der Waals surface area contributed by atoms with Gasteiger partial charge in [0.15, 0.2) is 0 Å². The van der Waals surface area contributed by atoms with Crippen molar-refractivity contribution in [1.82, 2.24) is 10.6 Å². The Hall–Kier alpha value is -2.67. The maximum Gasteiger partial charge on any atom is 0.408 e. The van der Waals surface area contributed by atoms with Crippen LogP contribution in [-0.2, 0) is 27.1 Å². The van der Waals surface area contributed by atoms with Gasteiger partial charge in [-0.3, -0.25) is 9.36 Å². The molecule has 0 heterocycles. The maximum atomic E-state index is 12.9. The predicted molar refractivity (Wildman–Crippen MR) is 117 cm³/mol. The van der Waals surface area contributed by atoms with E-state index in [4.69, 9.17) is 4.74 Å². The molecule has 0 aliphatic heterocycles. The zero-order chi connectivity index (χ0) is 22.9. The van der Waals surface area contributed by atoms with Gasteiger partial charge in [-0.05, 0) is 23.5 Å². The summed E-state index contributed by atoms with van der Waals surface area (Å²) in [6.45, 7) is 3.63. The fraction of sp³-hybridized carbons (Fsp3) is 0.364. The number of carbonyl (C=O) groups is 2. The Morgan fingerprint density at radius 1 is 0.935 bits per heavy atom. The van der Waals surface area contributed by atoms with Gasteiger partial charge in [0.05, 0.1) is 0 Å². The summed E-state index contributed by atoms with van der Waals surface area (Å²) in [5.74, 6) is -2.07. The molecular weight excluding hydrogens is 419 g/mol. The molecule has 0 bridgehead atoms. The molecule has 0 saturated carbocycles. The summed E-state index contributed by atoms with van der Waals surface area (Å²) in [5, 5.41) is 4.93. The molecule has 2 aromatic carbocycles. The molecule has 2 atom stereocenters. The van der Waals surface area contributed by atoms with Gasteiger partial charge in [-0.25, -0.2) is 4.79 Å². The normalized spacial score (nSPS) is 13.3. The van der Waals surface area contributed by atoms with Gasteiger partial charge in [0.2, 0.25) is 5.91 Å². The molecule has 2 aromatic rings. The van der Waals surface area contributed by atoms with Crippen LogP contribution in [0.5, 0.6) is 0 Å². The topological polar surface area (TPSA) is 125 Å². The predicted octanol–water partition coefficient (Wildman–Crippen LogP) is 3.19. The van der Waals surface area contributed by atoms with E-state index in [2.05, 4.69) is 10.6 Å². The van der Waals surface area contributed by atoms with Gasteiger partial charge < -0.3 is 25.2 Å². The van der Waals surface area contributed by atoms with Gasteiger partial charge >= 0.3 is 13.7 Å². The van der Waals surface area contributed by atoms with Crippen molar-refractivity contribution in [2.24, 2.45) is 5.92 Å². The van der Waals surface area contributed by atoms with Gasteiger partial charge in [0.25, 0.3) is 0 Å². The molecule has 2 amide bonds. The lowest BCUT2D eigenvalue weighted by Crippen LogP contribution is -2.51. The molecule has 0 saturated heterocycles. The van der Waals surface area contributed by atoms with Crippen LogP contribution in [-0.4, -0.2) is 33.6 Å². The Kier molecular flexibility index (Phi) is 9.24. The molecule has 0 aliphatic carbocycles. The highest BCUT2D eigenvalue weighted by molar-refractivity contribution is 7.52. The van der Waals surface area contributed by atoms with E-state index < -0.39 is 31.4 Å². The molecule has 2 rings (SSSR count). The van der Waals surface area contributed by atoms with Gasteiger partial charge in [-0.1, -0.05) is 74.5 Å². The van der Waals surface area contributed by atoms with Crippen molar-refractivity contribution in [2.75, 3.05) is 0 Å². The van der Waals surface area contributed by atoms with E-state index in [9.17, 15) is 23.9 Å². The van der Waals surface area contributed by atoms with E-state index in [1.807, 2.05) is 24.3 Å². The number of amides is 2. The summed E-state index contributed by atoms with van der Waals surface area (Å²) in [5.41, 5.74) is 1.57. The van der Waals surface area contributed by atoms with Crippen LogP contribution in [0.1, 0.15) is 31.4 Å². The Labute approximate surface area is 182 Å². The standard InChI is InChI=1S/C22H29N2O6P/c1-16(2)13-20(31(27,28)29)24-21(25)19(14-17-9-5-3-6-10-17)23-22(26)30-15-18-11-7-4-8-12-18/h3-12,16,19-20H,13-15H2,1-2H3,(H,23,26)(H,24,25)(H2,27,28,29)/t19-,20+/m1/s1. The van der Waals surface area contributed by atoms with Crippen molar-refractivity contribution in [2.45, 2.75) is 45.1 Å². The molecule has 9 heteroatoms. The number of ether oxygens (including phenoxy) is 1. The molecule has 0 aromatic heterocycles. The lowest BCUT2D eigenvalue weighted by Gasteiger charge is -2.25. The number of benzene rings is 2. The molecule has 0 radical (unpaired) electrons. The highest BCUT2D eigenvalue weighted by atomic mass is 31.2. The van der Waals surface area contributed by atoms with Crippen LogP contribution < -0.4 is 10.6 Å². The quantitative estimate of drug-likeness (QED) is 0.414. The fourth-order valence-corrected chi connectivity index (χ4v) is 3.95. The fourth-order valence-electron chi connectivity index (χ4n) is 2.96. The van der Waals surface area contributed by atoms with Gasteiger partial charge in [0, 0.05) is 6.42 Å². The average Bonchev–Trinajstić information content (AvgIpc) is 2.72. The van der Waals surface area contributed by atoms with Crippen molar-refractivity contribution in [3.05, 3.63) is 71.8 Å². The highest BCUT2D eigenvalue weighted by Gasteiger charge is 2.33. The first kappa shape index (κ1) is 24.6. The van der Waals surface area contributed by atoms with E-state index in [0.717, 1.165) is 11.1 Å². The zero-order valence-electron chi connectivity index (χ0n) is 17.6. The molecule has 0 spiro atoms. The molecule has 0 aliphatic rings. The molecule has 8 nitrogen and oxygen atoms in total. The number of hydrogen-bond donors (Lipinski definition) is 4. The summed E-state index contributed by atoms with van der Waals surface area (Å²) in [6.07, 6.45) is -0.550. The second kappa shape index (κ2) is 11.6. The average molecular weight is 448 g/mol. The van der Waals surface area contributed by atoms with Crippen LogP contribution in [0.15, 0.2) is 60.7 Å². The summed E-state index contributed by atoms with van der Waals surface area (Å²) < 4.78 is 17.0. The lowest BCUT2D eigenvalue weighted by atomic mass is 10.1. The minimum Gasteiger partial charge on any atom is -0.445 e. The van der Waals surface area contributed by atoms with Crippen LogP contribution in [0.25, 0.3) is 0 Å². The number of alkyl carbamates (subject to hydrolysis) is 1. The number of rotatable bonds is 10. The SMILES string of the molecule is CC(C)C[C@@H](NC(=O)[C@@H](Cc1ccccc1)NC(=O)OCc1ccccc1)P(=O)(O)O. The molecule has 0 fully saturated rings. The van der Waals surface area contributed by atoms with Crippen molar-refractivity contribution < 1.29 is 28.7 Å². The van der Waals surface area contributed by atoms with Crippen LogP contribution in [0.4, 0.5) is 4.79 Å². The third-order valence-electron chi connectivity index (χ3n) is 4.51. The van der Waals surface area contributed by atoms with Crippen LogP contribution in [0, 0.1) is 5.92 Å². The third-order valence-corrected chi connectivity index (χ3v) is 5.67. The van der Waals surface area contributed by atoms with E-state index in [1.54, 1.807) is 50.2 Å². The summed E-state index contributed by atoms with van der Waals surface area (Å²) in [6, 6.07) is 17.0. The summed E-state index contributed by atoms with van der Waals surface area (Å²) in [4.78, 5) is 44.4. The van der Waals surface area contributed by atoms with Crippen LogP contribution in [0.2, 0.25) is 0 Å². The van der Waals surface area contributed by atoms with Gasteiger partial charge in [0.1, 0.15) is 18.4 Å². The van der Waals surface area contributed by atoms with Gasteiger partial charge in [-0.2, -0.15) is 0 Å². The number of nitrogens with one attached hydrogen (secondary N) is 2. The zero-order valence-corrected chi connectivity index (χ0v) is 18.5. The maximum absolute atomic E-state index is 12.9. The monoisotopic (exact) mass is 448 g/mol. The van der Waals surface area contributed by atoms with E-state index in [1.165, 1.54) is 0 Å². The minimum atomic E-state index is -4.57. The molecule has 168 valence electrons. The Balaban J connectivity index is 2.10. The molecule has 0 unspecified atom stereocenters. The van der Waals surface area contributed by atoms with Crippen molar-refractivity contribution in [3.8, 4) is 0 Å². The minimum absolute atomic E-state index is 0.0325. The Morgan fingerprint density at radius 3 is 2.00 bits per heavy atom. The second-order valence-corrected chi connectivity index (χ2v) is 9.49. The Morgan fingerprint density at radius 2 is 1.48 bits per heavy atom.